The average Bonchev–Trinajstić information content (AvgIpc) is 3.47. The summed E-state index contributed by atoms with van der Waals surface area (Å²) in [6.07, 6.45) is 13.8. The highest BCUT2D eigenvalue weighted by molar-refractivity contribution is 7.80. The number of thiazole rings is 1. The first kappa shape index (κ1) is 38.2. The van der Waals surface area contributed by atoms with Crippen LogP contribution in [0.4, 0.5) is 0 Å². The van der Waals surface area contributed by atoms with Crippen molar-refractivity contribution in [2.24, 2.45) is 5.92 Å². The Hall–Kier alpha value is -1.86. The Kier molecular flexibility index (Phi) is 19.8. The van der Waals surface area contributed by atoms with Gasteiger partial charge in [-0.25, -0.2) is 9.78 Å². The third-order valence-corrected chi connectivity index (χ3v) is 7.45. The SMILES string of the molecule is CC(NC(CC/C=C/CCS)CNCCC/C=C/CCS)OC(=O)[C@@H](NC(=O)C(C)(C)NC(=O)c1cscn1)C(C)C. The fraction of sp³-hybridized carbons (Fsp3) is 0.667. The topological polar surface area (TPSA) is 121 Å². The molecule has 0 fully saturated rings. The van der Waals surface area contributed by atoms with Crippen LogP contribution in [-0.2, 0) is 14.3 Å². The van der Waals surface area contributed by atoms with Crippen LogP contribution in [0, 0.1) is 5.92 Å². The minimum Gasteiger partial charge on any atom is -0.445 e. The smallest absolute Gasteiger partial charge is 0.330 e. The highest BCUT2D eigenvalue weighted by Gasteiger charge is 2.35. The highest BCUT2D eigenvalue weighted by atomic mass is 32.1. The van der Waals surface area contributed by atoms with Crippen molar-refractivity contribution in [1.82, 2.24) is 26.3 Å². The van der Waals surface area contributed by atoms with E-state index in [4.69, 9.17) is 4.74 Å². The first-order valence-corrected chi connectivity index (χ1v) is 16.9. The summed E-state index contributed by atoms with van der Waals surface area (Å²) in [5, 5.41) is 14.0. The van der Waals surface area contributed by atoms with Crippen molar-refractivity contribution in [2.75, 3.05) is 24.6 Å². The van der Waals surface area contributed by atoms with Crippen LogP contribution in [0.5, 0.6) is 0 Å². The van der Waals surface area contributed by atoms with Gasteiger partial charge in [0.2, 0.25) is 5.91 Å². The van der Waals surface area contributed by atoms with Gasteiger partial charge in [0, 0.05) is 18.0 Å². The van der Waals surface area contributed by atoms with Crippen LogP contribution in [0.3, 0.4) is 0 Å². The molecule has 9 nitrogen and oxygen atoms in total. The third kappa shape index (κ3) is 16.1. The van der Waals surface area contributed by atoms with E-state index in [0.717, 1.165) is 63.1 Å². The summed E-state index contributed by atoms with van der Waals surface area (Å²) < 4.78 is 5.75. The van der Waals surface area contributed by atoms with Crippen LogP contribution < -0.4 is 21.3 Å². The molecule has 0 aromatic carbocycles. The second-order valence-corrected chi connectivity index (χ2v) is 12.6. The molecule has 1 heterocycles. The van der Waals surface area contributed by atoms with E-state index in [1.54, 1.807) is 31.7 Å². The van der Waals surface area contributed by atoms with E-state index in [0.29, 0.717) is 0 Å². The lowest BCUT2D eigenvalue weighted by atomic mass is 10.00. The van der Waals surface area contributed by atoms with Gasteiger partial charge >= 0.3 is 5.97 Å². The molecule has 0 radical (unpaired) electrons. The van der Waals surface area contributed by atoms with Crippen molar-refractivity contribution in [2.45, 2.75) is 97.0 Å². The van der Waals surface area contributed by atoms with E-state index in [1.807, 2.05) is 13.8 Å². The van der Waals surface area contributed by atoms with E-state index >= 15 is 0 Å². The number of allylic oxidation sites excluding steroid dienone is 4. The van der Waals surface area contributed by atoms with E-state index < -0.39 is 35.6 Å². The molecule has 42 heavy (non-hydrogen) atoms. The Bertz CT molecular complexity index is 970. The van der Waals surface area contributed by atoms with Crippen LogP contribution in [0.25, 0.3) is 0 Å². The number of ether oxygens (including phenoxy) is 1. The van der Waals surface area contributed by atoms with Gasteiger partial charge in [0.1, 0.15) is 17.3 Å². The Labute approximate surface area is 267 Å². The van der Waals surface area contributed by atoms with E-state index in [-0.39, 0.29) is 17.7 Å². The van der Waals surface area contributed by atoms with Crippen molar-refractivity contribution in [3.8, 4) is 0 Å². The molecule has 0 spiro atoms. The van der Waals surface area contributed by atoms with Crippen molar-refractivity contribution in [3.63, 3.8) is 0 Å². The van der Waals surface area contributed by atoms with E-state index in [1.165, 1.54) is 11.3 Å². The monoisotopic (exact) mass is 641 g/mol. The van der Waals surface area contributed by atoms with Gasteiger partial charge in [-0.15, -0.1) is 11.3 Å². The number of hydrogen-bond acceptors (Lipinski definition) is 10. The Morgan fingerprint density at radius 2 is 1.67 bits per heavy atom. The van der Waals surface area contributed by atoms with Gasteiger partial charge in [0.25, 0.3) is 5.91 Å². The number of carbonyl (C=O) groups is 3. The molecule has 2 unspecified atom stereocenters. The number of esters is 1. The maximum atomic E-state index is 13.2. The molecule has 0 saturated heterocycles. The summed E-state index contributed by atoms with van der Waals surface area (Å²) in [6.45, 7) is 10.3. The van der Waals surface area contributed by atoms with Gasteiger partial charge in [-0.1, -0.05) is 38.2 Å². The van der Waals surface area contributed by atoms with E-state index in [9.17, 15) is 14.4 Å². The van der Waals surface area contributed by atoms with Crippen LogP contribution in [0.1, 0.15) is 83.6 Å². The minimum absolute atomic E-state index is 0.0835. The van der Waals surface area contributed by atoms with Crippen molar-refractivity contribution < 1.29 is 19.1 Å². The zero-order valence-corrected chi connectivity index (χ0v) is 28.3. The molecule has 0 aliphatic rings. The number of hydrogen-bond donors (Lipinski definition) is 6. The molecular formula is C30H51N5O4S3. The zero-order valence-electron chi connectivity index (χ0n) is 25.7. The number of thiol groups is 2. The molecule has 238 valence electrons. The summed E-state index contributed by atoms with van der Waals surface area (Å²) in [4.78, 5) is 42.7. The molecule has 4 N–H and O–H groups in total. The first-order chi connectivity index (χ1) is 20.0. The first-order valence-electron chi connectivity index (χ1n) is 14.7. The Balaban J connectivity index is 2.70. The van der Waals surface area contributed by atoms with Gasteiger partial charge in [-0.3, -0.25) is 14.9 Å². The van der Waals surface area contributed by atoms with Gasteiger partial charge in [-0.05, 0) is 83.3 Å². The number of nitrogens with one attached hydrogen (secondary N) is 4. The molecule has 12 heteroatoms. The fourth-order valence-electron chi connectivity index (χ4n) is 3.95. The quantitative estimate of drug-likeness (QED) is 0.0362. The number of nitrogens with zero attached hydrogens (tertiary/aromatic N) is 1. The van der Waals surface area contributed by atoms with Crippen LogP contribution in [0.2, 0.25) is 0 Å². The standard InChI is InChI=1S/C30H51N5O4S3/c1-22(2)26(34-29(38)30(4,5)35-27(36)25-20-42-21-32-25)28(37)39-23(3)33-24(15-11-7-10-14-18-41)19-31-16-12-8-6-9-13-17-40/h6-7,9-10,20-24,26,31,33,40-41H,8,11-19H2,1-5H3,(H,34,38)(H,35,36)/b9-6+,10-7+/t23?,24?,26-/m0/s1. The third-order valence-electron chi connectivity index (χ3n) is 6.35. The van der Waals surface area contributed by atoms with Gasteiger partial charge in [0.15, 0.2) is 6.23 Å². The summed E-state index contributed by atoms with van der Waals surface area (Å²) in [5.74, 6) is -0.0242. The molecule has 0 aliphatic heterocycles. The normalized spacial score (nSPS) is 14.3. The molecule has 1 aromatic heterocycles. The van der Waals surface area contributed by atoms with Crippen molar-refractivity contribution in [1.29, 1.82) is 0 Å². The lowest BCUT2D eigenvalue weighted by molar-refractivity contribution is -0.155. The van der Waals surface area contributed by atoms with Crippen LogP contribution in [0.15, 0.2) is 35.2 Å². The number of carbonyl (C=O) groups excluding carboxylic acids is 3. The number of unbranched alkanes of at least 4 members (excludes halogenated alkanes) is 1. The molecule has 1 rings (SSSR count). The largest absolute Gasteiger partial charge is 0.445 e. The summed E-state index contributed by atoms with van der Waals surface area (Å²) in [7, 11) is 0. The molecule has 0 aliphatic carbocycles. The second kappa shape index (κ2) is 21.8. The maximum absolute atomic E-state index is 13.2. The fourth-order valence-corrected chi connectivity index (χ4v) is 4.78. The molecule has 2 amide bonds. The zero-order chi connectivity index (χ0) is 31.4. The number of amides is 2. The lowest BCUT2D eigenvalue weighted by Gasteiger charge is -2.30. The predicted octanol–water partition coefficient (Wildman–Crippen LogP) is 4.54. The number of aromatic nitrogens is 1. The highest BCUT2D eigenvalue weighted by Crippen LogP contribution is 2.12. The summed E-state index contributed by atoms with van der Waals surface area (Å²) in [5.41, 5.74) is 0.522. The van der Waals surface area contributed by atoms with Crippen LogP contribution >= 0.6 is 36.6 Å². The summed E-state index contributed by atoms with van der Waals surface area (Å²) in [6, 6.07) is -0.798. The lowest BCUT2D eigenvalue weighted by Crippen LogP contribution is -2.59. The molecular weight excluding hydrogens is 591 g/mol. The summed E-state index contributed by atoms with van der Waals surface area (Å²) >= 11 is 9.76. The Morgan fingerprint density at radius 3 is 2.26 bits per heavy atom. The molecule has 0 bridgehead atoms. The Morgan fingerprint density at radius 1 is 1.02 bits per heavy atom. The van der Waals surface area contributed by atoms with E-state index in [2.05, 4.69) is 75.8 Å². The van der Waals surface area contributed by atoms with Gasteiger partial charge in [-0.2, -0.15) is 25.3 Å². The number of rotatable bonds is 22. The second-order valence-electron chi connectivity index (χ2n) is 11.0. The van der Waals surface area contributed by atoms with Crippen molar-refractivity contribution >= 4 is 54.4 Å². The predicted molar refractivity (Wildman–Crippen MR) is 179 cm³/mol. The van der Waals surface area contributed by atoms with Crippen molar-refractivity contribution in [3.05, 3.63) is 40.9 Å². The van der Waals surface area contributed by atoms with Crippen LogP contribution in [-0.4, -0.2) is 71.2 Å². The minimum atomic E-state index is -1.27. The maximum Gasteiger partial charge on any atom is 0.330 e. The van der Waals surface area contributed by atoms with Gasteiger partial charge in [0.05, 0.1) is 5.51 Å². The molecule has 0 saturated carbocycles. The van der Waals surface area contributed by atoms with Gasteiger partial charge < -0.3 is 20.7 Å². The molecule has 3 atom stereocenters. The molecule has 1 aromatic rings. The average molecular weight is 642 g/mol.